The van der Waals surface area contributed by atoms with Gasteiger partial charge in [-0.25, -0.2) is 4.79 Å². The Labute approximate surface area is 142 Å². The SMILES string of the molecule is C=C(C)C(=O)CCCCCCOc1ccc2c(C)cc(=O)oc2c1. The Kier molecular flexibility index (Phi) is 6.36. The molecule has 1 aromatic carbocycles. The summed E-state index contributed by atoms with van der Waals surface area (Å²) in [5.74, 6) is 0.855. The fourth-order valence-electron chi connectivity index (χ4n) is 2.54. The second-order valence-electron chi connectivity index (χ2n) is 6.12. The van der Waals surface area contributed by atoms with Crippen LogP contribution in [0.2, 0.25) is 0 Å². The molecule has 0 atom stereocenters. The summed E-state index contributed by atoms with van der Waals surface area (Å²) in [6.45, 7) is 7.90. The molecular weight excluding hydrogens is 304 g/mol. The summed E-state index contributed by atoms with van der Waals surface area (Å²) < 4.78 is 10.9. The number of allylic oxidation sites excluding steroid dienone is 1. The van der Waals surface area contributed by atoms with E-state index in [0.717, 1.165) is 36.6 Å². The summed E-state index contributed by atoms with van der Waals surface area (Å²) in [5.41, 5.74) is 1.74. The van der Waals surface area contributed by atoms with E-state index in [1.165, 1.54) is 6.07 Å². The molecule has 0 spiro atoms. The van der Waals surface area contributed by atoms with Crippen molar-refractivity contribution in [2.24, 2.45) is 0 Å². The number of Topliss-reactive ketones (excluding diaryl/α,β-unsaturated/α-hetero) is 1. The van der Waals surface area contributed by atoms with E-state index in [2.05, 4.69) is 6.58 Å². The molecule has 4 nitrogen and oxygen atoms in total. The van der Waals surface area contributed by atoms with Gasteiger partial charge < -0.3 is 9.15 Å². The molecule has 24 heavy (non-hydrogen) atoms. The number of aryl methyl sites for hydroxylation is 1. The maximum Gasteiger partial charge on any atom is 0.336 e. The van der Waals surface area contributed by atoms with Gasteiger partial charge in [0.15, 0.2) is 5.78 Å². The van der Waals surface area contributed by atoms with E-state index in [-0.39, 0.29) is 11.4 Å². The van der Waals surface area contributed by atoms with Gasteiger partial charge in [0.05, 0.1) is 6.61 Å². The van der Waals surface area contributed by atoms with Crippen LogP contribution in [0.1, 0.15) is 44.6 Å². The van der Waals surface area contributed by atoms with Crippen LogP contribution < -0.4 is 10.4 Å². The van der Waals surface area contributed by atoms with Crippen LogP contribution in [0, 0.1) is 6.92 Å². The van der Waals surface area contributed by atoms with Crippen molar-refractivity contribution in [1.82, 2.24) is 0 Å². The van der Waals surface area contributed by atoms with Gasteiger partial charge in [0.2, 0.25) is 0 Å². The van der Waals surface area contributed by atoms with Crippen molar-refractivity contribution in [2.75, 3.05) is 6.61 Å². The molecular formula is C20H24O4. The van der Waals surface area contributed by atoms with Crippen LogP contribution in [0.5, 0.6) is 5.75 Å². The fraction of sp³-hybridized carbons (Fsp3) is 0.400. The van der Waals surface area contributed by atoms with E-state index in [4.69, 9.17) is 9.15 Å². The number of unbranched alkanes of at least 4 members (excludes halogenated alkanes) is 3. The molecule has 2 rings (SSSR count). The molecule has 128 valence electrons. The topological polar surface area (TPSA) is 56.5 Å². The van der Waals surface area contributed by atoms with Crippen molar-refractivity contribution in [3.05, 3.63) is 52.4 Å². The van der Waals surface area contributed by atoms with Crippen molar-refractivity contribution in [1.29, 1.82) is 0 Å². The lowest BCUT2D eigenvalue weighted by molar-refractivity contribution is -0.115. The van der Waals surface area contributed by atoms with E-state index >= 15 is 0 Å². The van der Waals surface area contributed by atoms with Crippen molar-refractivity contribution in [3.8, 4) is 5.75 Å². The van der Waals surface area contributed by atoms with Crippen molar-refractivity contribution >= 4 is 16.8 Å². The summed E-state index contributed by atoms with van der Waals surface area (Å²) in [6, 6.07) is 7.05. The van der Waals surface area contributed by atoms with E-state index in [1.54, 1.807) is 13.0 Å². The fourth-order valence-corrected chi connectivity index (χ4v) is 2.54. The molecule has 0 aliphatic heterocycles. The van der Waals surface area contributed by atoms with Gasteiger partial charge in [-0.3, -0.25) is 4.79 Å². The molecule has 0 amide bonds. The number of carbonyl (C=O) groups excluding carboxylic acids is 1. The molecule has 0 aliphatic carbocycles. The summed E-state index contributed by atoms with van der Waals surface area (Å²) in [4.78, 5) is 22.8. The summed E-state index contributed by atoms with van der Waals surface area (Å²) in [7, 11) is 0. The Morgan fingerprint density at radius 1 is 1.17 bits per heavy atom. The van der Waals surface area contributed by atoms with Crippen molar-refractivity contribution < 1.29 is 13.9 Å². The average Bonchev–Trinajstić information content (AvgIpc) is 2.53. The number of hydrogen-bond acceptors (Lipinski definition) is 4. The van der Waals surface area contributed by atoms with E-state index < -0.39 is 0 Å². The second-order valence-corrected chi connectivity index (χ2v) is 6.12. The molecule has 1 aromatic heterocycles. The maximum atomic E-state index is 11.4. The monoisotopic (exact) mass is 328 g/mol. The normalized spacial score (nSPS) is 10.8. The highest BCUT2D eigenvalue weighted by Crippen LogP contribution is 2.22. The number of benzene rings is 1. The Morgan fingerprint density at radius 3 is 2.67 bits per heavy atom. The van der Waals surface area contributed by atoms with Crippen LogP contribution in [-0.2, 0) is 4.79 Å². The standard InChI is InChI=1S/C20H24O4/c1-14(2)18(21)8-6-4-5-7-11-23-16-9-10-17-15(3)12-20(22)24-19(17)13-16/h9-10,12-13H,1,4-8,11H2,2-3H3. The maximum absolute atomic E-state index is 11.4. The first kappa shape index (κ1) is 18.0. The quantitative estimate of drug-likeness (QED) is 0.384. The van der Waals surface area contributed by atoms with Gasteiger partial charge in [0.25, 0.3) is 0 Å². The van der Waals surface area contributed by atoms with Gasteiger partial charge >= 0.3 is 5.63 Å². The molecule has 0 bridgehead atoms. The zero-order valence-electron chi connectivity index (χ0n) is 14.4. The number of rotatable bonds is 9. The Bertz CT molecular complexity index is 786. The predicted molar refractivity (Wildman–Crippen MR) is 95.6 cm³/mol. The van der Waals surface area contributed by atoms with E-state index in [0.29, 0.717) is 29.9 Å². The van der Waals surface area contributed by atoms with Gasteiger partial charge in [0, 0.05) is 23.9 Å². The van der Waals surface area contributed by atoms with Crippen LogP contribution in [0.15, 0.2) is 45.6 Å². The zero-order chi connectivity index (χ0) is 17.5. The molecule has 2 aromatic rings. The Hall–Kier alpha value is -2.36. The van der Waals surface area contributed by atoms with E-state index in [9.17, 15) is 9.59 Å². The molecule has 4 heteroatoms. The summed E-state index contributed by atoms with van der Waals surface area (Å²) in [5, 5.41) is 0.920. The van der Waals surface area contributed by atoms with Crippen LogP contribution in [0.25, 0.3) is 11.0 Å². The Morgan fingerprint density at radius 2 is 1.92 bits per heavy atom. The number of fused-ring (bicyclic) bond motifs is 1. The smallest absolute Gasteiger partial charge is 0.336 e. The van der Waals surface area contributed by atoms with Gasteiger partial charge in [-0.2, -0.15) is 0 Å². The molecule has 0 aliphatic rings. The number of hydrogen-bond donors (Lipinski definition) is 0. The minimum Gasteiger partial charge on any atom is -0.493 e. The van der Waals surface area contributed by atoms with E-state index in [1.807, 2.05) is 19.1 Å². The van der Waals surface area contributed by atoms with Gasteiger partial charge in [0.1, 0.15) is 11.3 Å². The number of carbonyl (C=O) groups is 1. The molecule has 0 saturated carbocycles. The van der Waals surface area contributed by atoms with Crippen LogP contribution in [0.3, 0.4) is 0 Å². The second kappa shape index (κ2) is 8.48. The van der Waals surface area contributed by atoms with Crippen LogP contribution >= 0.6 is 0 Å². The summed E-state index contributed by atoms with van der Waals surface area (Å²) in [6.07, 6.45) is 4.43. The van der Waals surface area contributed by atoms with Gasteiger partial charge in [-0.05, 0) is 50.0 Å². The third-order valence-electron chi connectivity index (χ3n) is 3.97. The lowest BCUT2D eigenvalue weighted by Gasteiger charge is -2.07. The van der Waals surface area contributed by atoms with Crippen LogP contribution in [-0.4, -0.2) is 12.4 Å². The van der Waals surface area contributed by atoms with Crippen molar-refractivity contribution in [3.63, 3.8) is 0 Å². The minimum atomic E-state index is -0.346. The highest BCUT2D eigenvalue weighted by Gasteiger charge is 2.04. The number of ether oxygens (including phenoxy) is 1. The molecule has 0 unspecified atom stereocenters. The first-order valence-corrected chi connectivity index (χ1v) is 8.33. The predicted octanol–water partition coefficient (Wildman–Crippen LogP) is 4.58. The first-order chi connectivity index (χ1) is 11.5. The minimum absolute atomic E-state index is 0.152. The highest BCUT2D eigenvalue weighted by atomic mass is 16.5. The average molecular weight is 328 g/mol. The first-order valence-electron chi connectivity index (χ1n) is 8.33. The molecule has 0 radical (unpaired) electrons. The Balaban J connectivity index is 1.75. The third-order valence-corrected chi connectivity index (χ3v) is 3.97. The summed E-state index contributed by atoms with van der Waals surface area (Å²) >= 11 is 0. The van der Waals surface area contributed by atoms with Crippen molar-refractivity contribution in [2.45, 2.75) is 46.0 Å². The number of ketones is 1. The molecule has 0 fully saturated rings. The lowest BCUT2D eigenvalue weighted by atomic mass is 10.1. The highest BCUT2D eigenvalue weighted by molar-refractivity contribution is 5.93. The molecule has 0 saturated heterocycles. The van der Waals surface area contributed by atoms with Gasteiger partial charge in [-0.15, -0.1) is 0 Å². The third kappa shape index (κ3) is 5.08. The molecule has 1 heterocycles. The largest absolute Gasteiger partial charge is 0.493 e. The van der Waals surface area contributed by atoms with Gasteiger partial charge in [-0.1, -0.05) is 19.4 Å². The lowest BCUT2D eigenvalue weighted by Crippen LogP contribution is -2.00. The van der Waals surface area contributed by atoms with Crippen LogP contribution in [0.4, 0.5) is 0 Å². The molecule has 0 N–H and O–H groups in total. The zero-order valence-corrected chi connectivity index (χ0v) is 14.4.